The molecule has 14 heteroatoms. The van der Waals surface area contributed by atoms with Crippen LogP contribution in [0.25, 0.3) is 22.3 Å². The lowest BCUT2D eigenvalue weighted by Crippen LogP contribution is -2.39. The van der Waals surface area contributed by atoms with E-state index in [4.69, 9.17) is 29.2 Å². The molecule has 0 bridgehead atoms. The summed E-state index contributed by atoms with van der Waals surface area (Å²) in [5.74, 6) is -1.47. The van der Waals surface area contributed by atoms with Crippen LogP contribution in [0.1, 0.15) is 37.9 Å². The van der Waals surface area contributed by atoms with Gasteiger partial charge in [0.2, 0.25) is 0 Å². The van der Waals surface area contributed by atoms with Crippen molar-refractivity contribution in [3.63, 3.8) is 0 Å². The van der Waals surface area contributed by atoms with Crippen LogP contribution in [0.4, 0.5) is 0 Å². The SMILES string of the molecule is CC(=O)O.COC(=O)C1=C(C)N=c2s/c(=C/c3cn(-c4ccccc4)nc3-c3cccs3)c(=O)n2C1c1ccc(OC(C)=O)c(OC)c1. The Balaban J connectivity index is 0.00000107. The third-order valence-corrected chi connectivity index (χ3v) is 8.85. The second-order valence-corrected chi connectivity index (χ2v) is 12.2. The highest BCUT2D eigenvalue weighted by atomic mass is 32.1. The first-order chi connectivity index (χ1) is 23.0. The largest absolute Gasteiger partial charge is 0.493 e. The molecule has 3 aromatic heterocycles. The lowest BCUT2D eigenvalue weighted by Gasteiger charge is -2.25. The number of aliphatic carboxylic acids is 1. The molecule has 0 aliphatic carbocycles. The summed E-state index contributed by atoms with van der Waals surface area (Å²) < 4.78 is 19.6. The van der Waals surface area contributed by atoms with E-state index < -0.39 is 23.9 Å². The van der Waals surface area contributed by atoms with E-state index in [1.165, 1.54) is 37.0 Å². The number of ether oxygens (including phenoxy) is 3. The quantitative estimate of drug-likeness (QED) is 0.195. The number of para-hydroxylation sites is 1. The van der Waals surface area contributed by atoms with Gasteiger partial charge in [-0.1, -0.05) is 41.7 Å². The maximum absolute atomic E-state index is 14.2. The van der Waals surface area contributed by atoms with Crippen LogP contribution >= 0.6 is 22.7 Å². The molecule has 1 unspecified atom stereocenters. The van der Waals surface area contributed by atoms with Gasteiger partial charge >= 0.3 is 11.9 Å². The number of carboxylic acids is 1. The number of carbonyl (C=O) groups is 3. The van der Waals surface area contributed by atoms with Crippen LogP contribution in [-0.2, 0) is 19.1 Å². The van der Waals surface area contributed by atoms with Crippen LogP contribution in [0.5, 0.6) is 11.5 Å². The van der Waals surface area contributed by atoms with Crippen LogP contribution in [0.2, 0.25) is 0 Å². The van der Waals surface area contributed by atoms with Gasteiger partial charge < -0.3 is 19.3 Å². The molecule has 2 aromatic carbocycles. The van der Waals surface area contributed by atoms with E-state index in [0.717, 1.165) is 28.7 Å². The predicted octanol–water partition coefficient (Wildman–Crippen LogP) is 4.35. The van der Waals surface area contributed by atoms with Gasteiger partial charge in [-0.25, -0.2) is 14.5 Å². The third kappa shape index (κ3) is 7.04. The molecule has 0 fully saturated rings. The van der Waals surface area contributed by atoms with Crippen LogP contribution in [0, 0.1) is 0 Å². The topological polar surface area (TPSA) is 151 Å². The molecule has 0 amide bonds. The number of carboxylic acid groups (broad SMARTS) is 1. The molecule has 1 aliphatic rings. The second-order valence-electron chi connectivity index (χ2n) is 10.3. The van der Waals surface area contributed by atoms with E-state index in [9.17, 15) is 14.4 Å². The summed E-state index contributed by atoms with van der Waals surface area (Å²) in [5.41, 5.74) is 3.24. The first kappa shape index (κ1) is 33.8. The van der Waals surface area contributed by atoms with Gasteiger partial charge in [0, 0.05) is 25.6 Å². The van der Waals surface area contributed by atoms with Gasteiger partial charge in [-0.3, -0.25) is 19.0 Å². The van der Waals surface area contributed by atoms with E-state index >= 15 is 0 Å². The number of esters is 2. The van der Waals surface area contributed by atoms with Crippen LogP contribution in [0.15, 0.2) is 93.3 Å². The van der Waals surface area contributed by atoms with E-state index in [-0.39, 0.29) is 22.6 Å². The average Bonchev–Trinajstić information content (AvgIpc) is 3.80. The molecule has 0 radical (unpaired) electrons. The predicted molar refractivity (Wildman–Crippen MR) is 180 cm³/mol. The minimum absolute atomic E-state index is 0.213. The van der Waals surface area contributed by atoms with Crippen LogP contribution in [0.3, 0.4) is 0 Å². The van der Waals surface area contributed by atoms with E-state index in [1.807, 2.05) is 60.1 Å². The van der Waals surface area contributed by atoms with Crippen molar-refractivity contribution in [1.29, 1.82) is 0 Å². The van der Waals surface area contributed by atoms with Gasteiger partial charge in [0.1, 0.15) is 5.69 Å². The van der Waals surface area contributed by atoms with Crippen molar-refractivity contribution in [3.8, 4) is 27.8 Å². The first-order valence-electron chi connectivity index (χ1n) is 14.4. The molecule has 1 atom stereocenters. The second kappa shape index (κ2) is 14.4. The van der Waals surface area contributed by atoms with Crippen molar-refractivity contribution in [1.82, 2.24) is 14.3 Å². The number of carbonyl (C=O) groups excluding carboxylic acids is 2. The Hall–Kier alpha value is -5.60. The number of hydrogen-bond donors (Lipinski definition) is 1. The number of fused-ring (bicyclic) bond motifs is 1. The Morgan fingerprint density at radius 1 is 1.00 bits per heavy atom. The third-order valence-electron chi connectivity index (χ3n) is 6.99. The molecule has 5 aromatic rings. The van der Waals surface area contributed by atoms with Gasteiger partial charge in [0.15, 0.2) is 16.3 Å². The molecule has 246 valence electrons. The lowest BCUT2D eigenvalue weighted by atomic mass is 9.95. The minimum atomic E-state index is -0.870. The summed E-state index contributed by atoms with van der Waals surface area (Å²) in [6.45, 7) is 4.08. The number of methoxy groups -OCH3 is 2. The standard InChI is InChI=1S/C32H26N4O6S2.C2H4O2/c1-18-27(31(39)41-4)29(20-12-13-23(42-19(2)37)24(15-20)40-3)36-30(38)26(44-32(36)33-18)16-21-17-35(22-9-6-5-7-10-22)34-28(21)25-11-8-14-43-25;1-2(3)4/h5-17,29H,1-4H3;1H3,(H,3,4)/b26-16+;. The smallest absolute Gasteiger partial charge is 0.338 e. The number of thiophene rings is 1. The molecular weight excluding hydrogens is 657 g/mol. The number of rotatable bonds is 7. The Labute approximate surface area is 282 Å². The minimum Gasteiger partial charge on any atom is -0.493 e. The van der Waals surface area contributed by atoms with Crippen LogP contribution in [-0.4, -0.2) is 51.6 Å². The molecule has 0 spiro atoms. The van der Waals surface area contributed by atoms with Gasteiger partial charge in [-0.2, -0.15) is 5.10 Å². The van der Waals surface area contributed by atoms with Crippen molar-refractivity contribution >= 4 is 46.7 Å². The zero-order valence-corrected chi connectivity index (χ0v) is 28.1. The molecule has 12 nitrogen and oxygen atoms in total. The molecular formula is C34H30N4O8S2. The fourth-order valence-corrected chi connectivity index (χ4v) is 6.82. The number of nitrogens with zero attached hydrogens (tertiary/aromatic N) is 4. The maximum Gasteiger partial charge on any atom is 0.338 e. The summed E-state index contributed by atoms with van der Waals surface area (Å²) in [4.78, 5) is 53.9. The summed E-state index contributed by atoms with van der Waals surface area (Å²) >= 11 is 2.78. The number of thiazole rings is 1. The molecule has 4 heterocycles. The first-order valence-corrected chi connectivity index (χ1v) is 16.1. The summed E-state index contributed by atoms with van der Waals surface area (Å²) in [6, 6.07) is 17.7. The van der Waals surface area contributed by atoms with Crippen molar-refractivity contribution in [2.75, 3.05) is 14.2 Å². The van der Waals surface area contributed by atoms with Crippen molar-refractivity contribution in [2.45, 2.75) is 26.8 Å². The Bertz CT molecular complexity index is 2210. The van der Waals surface area contributed by atoms with Gasteiger partial charge in [-0.05, 0) is 54.3 Å². The van der Waals surface area contributed by atoms with Crippen molar-refractivity contribution in [2.24, 2.45) is 4.99 Å². The molecule has 6 rings (SSSR count). The molecule has 0 saturated heterocycles. The van der Waals surface area contributed by atoms with E-state index in [2.05, 4.69) is 4.99 Å². The Morgan fingerprint density at radius 2 is 1.73 bits per heavy atom. The molecule has 0 saturated carbocycles. The van der Waals surface area contributed by atoms with Gasteiger partial charge in [0.25, 0.3) is 11.5 Å². The van der Waals surface area contributed by atoms with E-state index in [1.54, 1.807) is 41.1 Å². The fraction of sp³-hybridized carbons (Fsp3) is 0.176. The number of aromatic nitrogens is 3. The Kier molecular flexibility index (Phi) is 10.2. The highest BCUT2D eigenvalue weighted by molar-refractivity contribution is 7.13. The Morgan fingerprint density at radius 3 is 2.35 bits per heavy atom. The number of benzene rings is 2. The molecule has 48 heavy (non-hydrogen) atoms. The van der Waals surface area contributed by atoms with E-state index in [0.29, 0.717) is 20.6 Å². The highest BCUT2D eigenvalue weighted by Gasteiger charge is 2.34. The molecule has 1 N–H and O–H groups in total. The zero-order valence-electron chi connectivity index (χ0n) is 26.5. The van der Waals surface area contributed by atoms with Gasteiger partial charge in [0.05, 0.1) is 46.6 Å². The summed E-state index contributed by atoms with van der Waals surface area (Å²) in [7, 11) is 2.73. The normalized spacial score (nSPS) is 13.9. The molecule has 1 aliphatic heterocycles. The number of allylic oxidation sites excluding steroid dienone is 1. The average molecular weight is 687 g/mol. The van der Waals surface area contributed by atoms with Crippen molar-refractivity contribution in [3.05, 3.63) is 114 Å². The maximum atomic E-state index is 14.2. The van der Waals surface area contributed by atoms with Crippen LogP contribution < -0.4 is 24.4 Å². The van der Waals surface area contributed by atoms with Gasteiger partial charge in [-0.15, -0.1) is 11.3 Å². The fourth-order valence-electron chi connectivity index (χ4n) is 5.05. The summed E-state index contributed by atoms with van der Waals surface area (Å²) in [6.07, 6.45) is 3.70. The summed E-state index contributed by atoms with van der Waals surface area (Å²) in [5, 5.41) is 14.2. The highest BCUT2D eigenvalue weighted by Crippen LogP contribution is 2.36. The number of hydrogen-bond acceptors (Lipinski definition) is 11. The monoisotopic (exact) mass is 686 g/mol. The zero-order chi connectivity index (χ0) is 34.5. The lowest BCUT2D eigenvalue weighted by molar-refractivity contribution is -0.137. The van der Waals surface area contributed by atoms with Crippen molar-refractivity contribution < 1.29 is 33.7 Å².